The van der Waals surface area contributed by atoms with E-state index in [4.69, 9.17) is 5.84 Å². The van der Waals surface area contributed by atoms with Gasteiger partial charge in [0.1, 0.15) is 0 Å². The molecule has 0 aromatic heterocycles. The second-order valence-corrected chi connectivity index (χ2v) is 5.51. The molecule has 0 aromatic rings. The van der Waals surface area contributed by atoms with E-state index >= 15 is 0 Å². The Bertz CT molecular complexity index is 146. The lowest BCUT2D eigenvalue weighted by molar-refractivity contribution is 0.222. The van der Waals surface area contributed by atoms with Crippen LogP contribution in [0.2, 0.25) is 0 Å². The smallest absolute Gasteiger partial charge is 0.0184 e. The third-order valence-corrected chi connectivity index (χ3v) is 3.43. The zero-order valence-electron chi connectivity index (χ0n) is 12.4. The van der Waals surface area contributed by atoms with Gasteiger partial charge in [0.15, 0.2) is 0 Å². The summed E-state index contributed by atoms with van der Waals surface area (Å²) in [6.45, 7) is 7.62. The van der Waals surface area contributed by atoms with Gasteiger partial charge in [-0.15, -0.1) is 0 Å². The third-order valence-electron chi connectivity index (χ3n) is 3.43. The summed E-state index contributed by atoms with van der Waals surface area (Å²) in [6, 6.07) is 0.480. The average Bonchev–Trinajstić information content (AvgIpc) is 2.31. The average molecular weight is 242 g/mol. The molecule has 0 atom stereocenters. The van der Waals surface area contributed by atoms with E-state index in [9.17, 15) is 0 Å². The second kappa shape index (κ2) is 12.4. The maximum Gasteiger partial charge on any atom is 0.0184 e. The van der Waals surface area contributed by atoms with Crippen LogP contribution in [0.4, 0.5) is 0 Å². The Balaban J connectivity index is 3.03. The van der Waals surface area contributed by atoms with E-state index in [1.54, 1.807) is 0 Å². The van der Waals surface area contributed by atoms with Gasteiger partial charge in [-0.05, 0) is 20.3 Å². The van der Waals surface area contributed by atoms with E-state index in [1.807, 2.05) is 5.01 Å². The number of hydrogen-bond acceptors (Lipinski definition) is 2. The standard InChI is InChI=1S/C15H34N2/c1-4-5-6-7-8-9-10-11-12-13-14-17(16)15(2)3/h15H,4-14,16H2,1-3H3. The molecule has 0 saturated carbocycles. The number of nitrogens with zero attached hydrogens (tertiary/aromatic N) is 1. The van der Waals surface area contributed by atoms with Crippen LogP contribution in [0.5, 0.6) is 0 Å². The molecule has 0 bridgehead atoms. The number of hydrogen-bond donors (Lipinski definition) is 1. The Labute approximate surface area is 109 Å². The van der Waals surface area contributed by atoms with Gasteiger partial charge in [0.25, 0.3) is 0 Å². The predicted molar refractivity (Wildman–Crippen MR) is 77.9 cm³/mol. The van der Waals surface area contributed by atoms with E-state index < -0.39 is 0 Å². The van der Waals surface area contributed by atoms with Crippen LogP contribution in [-0.2, 0) is 0 Å². The Hall–Kier alpha value is -0.0800. The first-order valence-corrected chi connectivity index (χ1v) is 7.69. The van der Waals surface area contributed by atoms with Gasteiger partial charge in [-0.25, -0.2) is 5.01 Å². The Kier molecular flexibility index (Phi) is 12.3. The number of nitrogens with two attached hydrogens (primary N) is 1. The van der Waals surface area contributed by atoms with E-state index in [0.717, 1.165) is 6.54 Å². The molecule has 0 aliphatic carbocycles. The maximum absolute atomic E-state index is 5.86. The van der Waals surface area contributed by atoms with Gasteiger partial charge in [-0.1, -0.05) is 64.7 Å². The first-order chi connectivity index (χ1) is 8.18. The van der Waals surface area contributed by atoms with E-state index in [-0.39, 0.29) is 0 Å². The summed E-state index contributed by atoms with van der Waals surface area (Å²) in [5.41, 5.74) is 0. The number of rotatable bonds is 12. The monoisotopic (exact) mass is 242 g/mol. The summed E-state index contributed by atoms with van der Waals surface area (Å²) < 4.78 is 0. The highest BCUT2D eigenvalue weighted by Gasteiger charge is 2.02. The maximum atomic E-state index is 5.86. The van der Waals surface area contributed by atoms with Crippen LogP contribution in [0.15, 0.2) is 0 Å². The lowest BCUT2D eigenvalue weighted by Crippen LogP contribution is -2.38. The Morgan fingerprint density at radius 3 is 1.59 bits per heavy atom. The molecule has 0 rings (SSSR count). The van der Waals surface area contributed by atoms with Crippen molar-refractivity contribution in [2.24, 2.45) is 5.84 Å². The fraction of sp³-hybridized carbons (Fsp3) is 1.00. The van der Waals surface area contributed by atoms with Crippen LogP contribution in [0, 0.1) is 0 Å². The van der Waals surface area contributed by atoms with E-state index in [2.05, 4.69) is 20.8 Å². The van der Waals surface area contributed by atoms with Gasteiger partial charge in [-0.3, -0.25) is 5.84 Å². The molecule has 0 aliphatic heterocycles. The molecule has 0 spiro atoms. The van der Waals surface area contributed by atoms with Gasteiger partial charge in [0.05, 0.1) is 0 Å². The zero-order valence-corrected chi connectivity index (χ0v) is 12.4. The first kappa shape index (κ1) is 16.9. The molecule has 0 aliphatic rings. The number of unbranched alkanes of at least 4 members (excludes halogenated alkanes) is 9. The number of hydrazine groups is 1. The van der Waals surface area contributed by atoms with E-state index in [0.29, 0.717) is 6.04 Å². The van der Waals surface area contributed by atoms with Crippen LogP contribution in [0.3, 0.4) is 0 Å². The highest BCUT2D eigenvalue weighted by atomic mass is 15.4. The third kappa shape index (κ3) is 12.2. The topological polar surface area (TPSA) is 29.3 Å². The largest absolute Gasteiger partial charge is 0.269 e. The lowest BCUT2D eigenvalue weighted by Gasteiger charge is -2.20. The minimum absolute atomic E-state index is 0.480. The molecule has 17 heavy (non-hydrogen) atoms. The molecule has 0 saturated heterocycles. The molecular formula is C15H34N2. The van der Waals surface area contributed by atoms with Crippen LogP contribution >= 0.6 is 0 Å². The summed E-state index contributed by atoms with van der Waals surface area (Å²) in [7, 11) is 0. The summed E-state index contributed by atoms with van der Waals surface area (Å²) in [4.78, 5) is 0. The minimum atomic E-state index is 0.480. The molecule has 0 amide bonds. The molecule has 104 valence electrons. The van der Waals surface area contributed by atoms with Crippen LogP contribution < -0.4 is 5.84 Å². The predicted octanol–water partition coefficient (Wildman–Crippen LogP) is 4.49. The molecule has 0 fully saturated rings. The first-order valence-electron chi connectivity index (χ1n) is 7.69. The SMILES string of the molecule is CCCCCCCCCCCCN(N)C(C)C. The Morgan fingerprint density at radius 1 is 0.765 bits per heavy atom. The summed E-state index contributed by atoms with van der Waals surface area (Å²) in [5.74, 6) is 5.86. The van der Waals surface area contributed by atoms with Crippen molar-refractivity contribution in [2.45, 2.75) is 91.0 Å². The molecule has 2 nitrogen and oxygen atoms in total. The van der Waals surface area contributed by atoms with Crippen LogP contribution in [0.25, 0.3) is 0 Å². The zero-order chi connectivity index (χ0) is 12.9. The fourth-order valence-electron chi connectivity index (χ4n) is 2.04. The van der Waals surface area contributed by atoms with Gasteiger partial charge < -0.3 is 0 Å². The molecular weight excluding hydrogens is 208 g/mol. The van der Waals surface area contributed by atoms with Crippen molar-refractivity contribution in [2.75, 3.05) is 6.54 Å². The normalized spacial score (nSPS) is 11.6. The molecule has 2 N–H and O–H groups in total. The fourth-order valence-corrected chi connectivity index (χ4v) is 2.04. The summed E-state index contributed by atoms with van der Waals surface area (Å²) in [6.07, 6.45) is 13.9. The summed E-state index contributed by atoms with van der Waals surface area (Å²) in [5, 5.41) is 1.95. The van der Waals surface area contributed by atoms with Crippen molar-refractivity contribution in [3.05, 3.63) is 0 Å². The van der Waals surface area contributed by atoms with Crippen molar-refractivity contribution in [3.8, 4) is 0 Å². The molecule has 0 aromatic carbocycles. The van der Waals surface area contributed by atoms with Crippen molar-refractivity contribution < 1.29 is 0 Å². The lowest BCUT2D eigenvalue weighted by atomic mass is 10.1. The highest BCUT2D eigenvalue weighted by Crippen LogP contribution is 2.10. The second-order valence-electron chi connectivity index (χ2n) is 5.51. The van der Waals surface area contributed by atoms with Gasteiger partial charge in [0.2, 0.25) is 0 Å². The molecule has 2 heteroatoms. The van der Waals surface area contributed by atoms with Crippen LogP contribution in [-0.4, -0.2) is 17.6 Å². The van der Waals surface area contributed by atoms with Crippen molar-refractivity contribution >= 4 is 0 Å². The molecule has 0 heterocycles. The summed E-state index contributed by atoms with van der Waals surface area (Å²) >= 11 is 0. The van der Waals surface area contributed by atoms with Crippen molar-refractivity contribution in [1.29, 1.82) is 0 Å². The van der Waals surface area contributed by atoms with Crippen molar-refractivity contribution in [1.82, 2.24) is 5.01 Å². The highest BCUT2D eigenvalue weighted by molar-refractivity contribution is 4.55. The van der Waals surface area contributed by atoms with Crippen LogP contribution in [0.1, 0.15) is 85.0 Å². The quantitative estimate of drug-likeness (QED) is 0.310. The Morgan fingerprint density at radius 2 is 1.18 bits per heavy atom. The molecule has 0 radical (unpaired) electrons. The van der Waals surface area contributed by atoms with E-state index in [1.165, 1.54) is 64.2 Å². The van der Waals surface area contributed by atoms with Gasteiger partial charge in [-0.2, -0.15) is 0 Å². The van der Waals surface area contributed by atoms with Gasteiger partial charge >= 0.3 is 0 Å². The minimum Gasteiger partial charge on any atom is -0.269 e. The molecule has 0 unspecified atom stereocenters. The van der Waals surface area contributed by atoms with Crippen molar-refractivity contribution in [3.63, 3.8) is 0 Å². The van der Waals surface area contributed by atoms with Gasteiger partial charge in [0, 0.05) is 12.6 Å².